The molecule has 0 radical (unpaired) electrons. The highest BCUT2D eigenvalue weighted by atomic mass is 35.5. The maximum Gasteiger partial charge on any atom is 0.230 e. The van der Waals surface area contributed by atoms with Crippen LogP contribution in [-0.2, 0) is 11.3 Å². The number of benzene rings is 1. The molecule has 3 rings (SSSR count). The number of amides is 1. The third-order valence-electron chi connectivity index (χ3n) is 3.45. The van der Waals surface area contributed by atoms with Crippen molar-refractivity contribution in [2.24, 2.45) is 0 Å². The van der Waals surface area contributed by atoms with Crippen molar-refractivity contribution in [1.29, 1.82) is 0 Å². The minimum atomic E-state index is -0.109. The molecule has 0 saturated carbocycles. The number of nitrogens with zero attached hydrogens (tertiary/aromatic N) is 2. The molecule has 2 N–H and O–H groups in total. The van der Waals surface area contributed by atoms with E-state index in [1.807, 2.05) is 43.3 Å². The summed E-state index contributed by atoms with van der Waals surface area (Å²) in [4.78, 5) is 12.1. The summed E-state index contributed by atoms with van der Waals surface area (Å²) in [6, 6.07) is 11.1. The Balaban J connectivity index is 1.44. The molecule has 0 aliphatic carbocycles. The van der Waals surface area contributed by atoms with Crippen LogP contribution in [0.4, 0.5) is 5.13 Å². The van der Waals surface area contributed by atoms with Gasteiger partial charge in [-0.05, 0) is 36.8 Å². The van der Waals surface area contributed by atoms with E-state index in [1.165, 1.54) is 23.1 Å². The van der Waals surface area contributed by atoms with Gasteiger partial charge < -0.3 is 15.1 Å². The second-order valence-corrected chi connectivity index (χ2v) is 8.08. The lowest BCUT2D eigenvalue weighted by atomic mass is 10.1. The van der Waals surface area contributed by atoms with Gasteiger partial charge in [-0.3, -0.25) is 4.79 Å². The SMILES string of the molecule is C[C@H](NC(=O)CSc1nnc(NCc2ccco2)s1)c1cccc(Cl)c1. The van der Waals surface area contributed by atoms with Gasteiger partial charge in [-0.15, -0.1) is 10.2 Å². The topological polar surface area (TPSA) is 80.0 Å². The summed E-state index contributed by atoms with van der Waals surface area (Å²) in [5.41, 5.74) is 0.969. The van der Waals surface area contributed by atoms with E-state index < -0.39 is 0 Å². The summed E-state index contributed by atoms with van der Waals surface area (Å²) < 4.78 is 5.98. The van der Waals surface area contributed by atoms with Crippen molar-refractivity contribution < 1.29 is 9.21 Å². The molecule has 6 nitrogen and oxygen atoms in total. The first-order valence-corrected chi connectivity index (χ1v) is 10.1. The van der Waals surface area contributed by atoms with Crippen LogP contribution < -0.4 is 10.6 Å². The number of hydrogen-bond acceptors (Lipinski definition) is 7. The van der Waals surface area contributed by atoms with Crippen LogP contribution in [0.3, 0.4) is 0 Å². The van der Waals surface area contributed by atoms with E-state index in [-0.39, 0.29) is 17.7 Å². The zero-order valence-corrected chi connectivity index (χ0v) is 16.3. The van der Waals surface area contributed by atoms with E-state index in [0.717, 1.165) is 15.7 Å². The van der Waals surface area contributed by atoms with Crippen LogP contribution in [0.25, 0.3) is 0 Å². The summed E-state index contributed by atoms with van der Waals surface area (Å²) >= 11 is 8.75. The lowest BCUT2D eigenvalue weighted by Gasteiger charge is -2.14. The number of furan rings is 1. The Bertz CT molecular complexity index is 854. The second-order valence-electron chi connectivity index (χ2n) is 5.44. The summed E-state index contributed by atoms with van der Waals surface area (Å²) in [7, 11) is 0. The van der Waals surface area contributed by atoms with Crippen molar-refractivity contribution in [2.45, 2.75) is 23.8 Å². The van der Waals surface area contributed by atoms with E-state index in [9.17, 15) is 4.79 Å². The zero-order valence-electron chi connectivity index (χ0n) is 13.9. The summed E-state index contributed by atoms with van der Waals surface area (Å²) in [6.45, 7) is 2.47. The quantitative estimate of drug-likeness (QED) is 0.539. The number of anilines is 1. The Morgan fingerprint density at radius 1 is 1.35 bits per heavy atom. The molecular formula is C17H17ClN4O2S2. The highest BCUT2D eigenvalue weighted by Crippen LogP contribution is 2.26. The average Bonchev–Trinajstić information content (AvgIpc) is 3.30. The second kappa shape index (κ2) is 9.07. The fraction of sp³-hybridized carbons (Fsp3) is 0.235. The van der Waals surface area contributed by atoms with Gasteiger partial charge in [-0.1, -0.05) is 46.8 Å². The molecule has 136 valence electrons. The van der Waals surface area contributed by atoms with Crippen molar-refractivity contribution in [1.82, 2.24) is 15.5 Å². The third kappa shape index (κ3) is 5.48. The fourth-order valence-corrected chi connectivity index (χ4v) is 3.94. The predicted octanol–water partition coefficient (Wildman–Crippen LogP) is 4.37. The van der Waals surface area contributed by atoms with Crippen LogP contribution in [0.5, 0.6) is 0 Å². The molecule has 1 aromatic carbocycles. The summed E-state index contributed by atoms with van der Waals surface area (Å²) in [5, 5.41) is 15.6. The maximum atomic E-state index is 12.1. The van der Waals surface area contributed by atoms with Crippen LogP contribution in [0.2, 0.25) is 5.02 Å². The molecule has 26 heavy (non-hydrogen) atoms. The predicted molar refractivity (Wildman–Crippen MR) is 105 cm³/mol. The number of hydrogen-bond donors (Lipinski definition) is 2. The van der Waals surface area contributed by atoms with Gasteiger partial charge >= 0.3 is 0 Å². The third-order valence-corrected chi connectivity index (χ3v) is 5.70. The number of halogens is 1. The number of aromatic nitrogens is 2. The monoisotopic (exact) mass is 408 g/mol. The molecule has 9 heteroatoms. The van der Waals surface area contributed by atoms with E-state index in [2.05, 4.69) is 20.8 Å². The van der Waals surface area contributed by atoms with Gasteiger partial charge in [-0.25, -0.2) is 0 Å². The molecule has 1 amide bonds. The lowest BCUT2D eigenvalue weighted by Crippen LogP contribution is -2.28. The van der Waals surface area contributed by atoms with Crippen LogP contribution in [0, 0.1) is 0 Å². The van der Waals surface area contributed by atoms with Crippen molar-refractivity contribution in [3.8, 4) is 0 Å². The number of carbonyl (C=O) groups is 1. The molecule has 0 aliphatic rings. The molecule has 0 fully saturated rings. The minimum absolute atomic E-state index is 0.0669. The molecule has 0 aliphatic heterocycles. The van der Waals surface area contributed by atoms with Crippen molar-refractivity contribution >= 4 is 45.7 Å². The molecule has 0 bridgehead atoms. The Kier molecular flexibility index (Phi) is 6.54. The first-order chi connectivity index (χ1) is 12.6. The van der Waals surface area contributed by atoms with Crippen LogP contribution in [-0.4, -0.2) is 21.9 Å². The Labute approximate surface area is 164 Å². The van der Waals surface area contributed by atoms with Crippen LogP contribution in [0.15, 0.2) is 51.4 Å². The smallest absolute Gasteiger partial charge is 0.230 e. The minimum Gasteiger partial charge on any atom is -0.467 e. The van der Waals surface area contributed by atoms with E-state index in [0.29, 0.717) is 16.7 Å². The highest BCUT2D eigenvalue weighted by Gasteiger charge is 2.12. The van der Waals surface area contributed by atoms with Crippen molar-refractivity contribution in [3.05, 3.63) is 59.0 Å². The van der Waals surface area contributed by atoms with E-state index in [1.54, 1.807) is 6.26 Å². The molecule has 2 heterocycles. The number of carbonyl (C=O) groups excluding carboxylic acids is 1. The van der Waals surface area contributed by atoms with Gasteiger partial charge in [0.15, 0.2) is 4.34 Å². The van der Waals surface area contributed by atoms with Gasteiger partial charge in [0.05, 0.1) is 24.6 Å². The Hall–Kier alpha value is -2.03. The first kappa shape index (κ1) is 18.8. The Morgan fingerprint density at radius 2 is 2.23 bits per heavy atom. The molecule has 0 spiro atoms. The largest absolute Gasteiger partial charge is 0.467 e. The molecule has 1 atom stereocenters. The highest BCUT2D eigenvalue weighted by molar-refractivity contribution is 8.01. The molecule has 3 aromatic rings. The first-order valence-electron chi connectivity index (χ1n) is 7.87. The standard InChI is InChI=1S/C17H17ClN4O2S2/c1-11(12-4-2-5-13(18)8-12)20-15(23)10-25-17-22-21-16(26-17)19-9-14-6-3-7-24-14/h2-8,11H,9-10H2,1H3,(H,19,21)(H,20,23)/t11-/m0/s1. The van der Waals surface area contributed by atoms with Gasteiger partial charge in [0, 0.05) is 5.02 Å². The normalized spacial score (nSPS) is 11.9. The fourth-order valence-electron chi connectivity index (χ4n) is 2.19. The van der Waals surface area contributed by atoms with Crippen LogP contribution >= 0.6 is 34.7 Å². The van der Waals surface area contributed by atoms with Crippen molar-refractivity contribution in [2.75, 3.05) is 11.1 Å². The van der Waals surface area contributed by atoms with Crippen LogP contribution in [0.1, 0.15) is 24.3 Å². The van der Waals surface area contributed by atoms with Gasteiger partial charge in [0.1, 0.15) is 5.76 Å². The molecule has 0 unspecified atom stereocenters. The van der Waals surface area contributed by atoms with E-state index >= 15 is 0 Å². The van der Waals surface area contributed by atoms with Crippen molar-refractivity contribution in [3.63, 3.8) is 0 Å². The lowest BCUT2D eigenvalue weighted by molar-refractivity contribution is -0.119. The zero-order chi connectivity index (χ0) is 18.4. The molecular weight excluding hydrogens is 392 g/mol. The number of thioether (sulfide) groups is 1. The number of rotatable bonds is 8. The van der Waals surface area contributed by atoms with Gasteiger partial charge in [0.2, 0.25) is 11.0 Å². The molecule has 0 saturated heterocycles. The number of nitrogens with one attached hydrogen (secondary N) is 2. The average molecular weight is 409 g/mol. The summed E-state index contributed by atoms with van der Waals surface area (Å²) in [6.07, 6.45) is 1.63. The molecule has 2 aromatic heterocycles. The summed E-state index contributed by atoms with van der Waals surface area (Å²) in [5.74, 6) is 1.03. The maximum absolute atomic E-state index is 12.1. The van der Waals surface area contributed by atoms with Gasteiger partial charge in [0.25, 0.3) is 0 Å². The Morgan fingerprint density at radius 3 is 3.00 bits per heavy atom. The van der Waals surface area contributed by atoms with Gasteiger partial charge in [-0.2, -0.15) is 0 Å². The van der Waals surface area contributed by atoms with E-state index in [4.69, 9.17) is 16.0 Å².